The highest BCUT2D eigenvalue weighted by molar-refractivity contribution is 9.10. The fraction of sp³-hybridized carbons (Fsp3) is 0.250. The second-order valence-corrected chi connectivity index (χ2v) is 7.54. The Kier molecular flexibility index (Phi) is 6.00. The number of benzene rings is 1. The third kappa shape index (κ3) is 3.88. The molecule has 2 amide bonds. The van der Waals surface area contributed by atoms with Gasteiger partial charge >= 0.3 is 0 Å². The minimum absolute atomic E-state index is 0.0311. The summed E-state index contributed by atoms with van der Waals surface area (Å²) in [5.74, 6) is 0.0964. The average molecular weight is 462 g/mol. The van der Waals surface area contributed by atoms with E-state index in [1.807, 2.05) is 43.9 Å². The first-order valence-corrected chi connectivity index (χ1v) is 10.1. The molecule has 1 saturated heterocycles. The Morgan fingerprint density at radius 2 is 1.93 bits per heavy atom. The van der Waals surface area contributed by atoms with Crippen LogP contribution in [-0.2, 0) is 9.59 Å². The molecule has 0 atom stereocenters. The molecule has 146 valence electrons. The number of carbonyl (C=O) groups excluding carboxylic acids is 2. The number of hydrogen-bond donors (Lipinski definition) is 1. The Labute approximate surface area is 177 Å². The molecule has 0 radical (unpaired) electrons. The second kappa shape index (κ2) is 8.28. The SMILES string of the molecule is CCN(CC)c1ccc(/C=C2/C(=O)NC(=S)N(c3ccc(Br)cc3C)C2=O)o1. The van der Waals surface area contributed by atoms with Crippen molar-refractivity contribution in [2.45, 2.75) is 20.8 Å². The van der Waals surface area contributed by atoms with Gasteiger partial charge in [-0.25, -0.2) is 0 Å². The molecule has 1 N–H and O–H groups in total. The van der Waals surface area contributed by atoms with Gasteiger partial charge in [-0.3, -0.25) is 19.8 Å². The largest absolute Gasteiger partial charge is 0.441 e. The zero-order valence-electron chi connectivity index (χ0n) is 15.8. The lowest BCUT2D eigenvalue weighted by Gasteiger charge is -2.30. The Balaban J connectivity index is 1.97. The van der Waals surface area contributed by atoms with Gasteiger partial charge in [-0.05, 0) is 68.9 Å². The van der Waals surface area contributed by atoms with E-state index in [0.29, 0.717) is 17.3 Å². The van der Waals surface area contributed by atoms with Crippen molar-refractivity contribution in [3.8, 4) is 0 Å². The topological polar surface area (TPSA) is 65.8 Å². The Hall–Kier alpha value is -2.45. The maximum absolute atomic E-state index is 13.1. The van der Waals surface area contributed by atoms with Gasteiger partial charge in [0.05, 0.1) is 5.69 Å². The van der Waals surface area contributed by atoms with Crippen molar-refractivity contribution in [1.82, 2.24) is 5.32 Å². The van der Waals surface area contributed by atoms with E-state index in [0.717, 1.165) is 23.1 Å². The molecule has 6 nitrogen and oxygen atoms in total. The molecule has 1 aromatic heterocycles. The smallest absolute Gasteiger partial charge is 0.270 e. The normalized spacial score (nSPS) is 15.9. The van der Waals surface area contributed by atoms with Crippen LogP contribution in [0.2, 0.25) is 0 Å². The first kappa shape index (κ1) is 20.3. The maximum atomic E-state index is 13.1. The number of furan rings is 1. The number of rotatable bonds is 5. The average Bonchev–Trinajstić information content (AvgIpc) is 3.10. The molecule has 2 aromatic rings. The van der Waals surface area contributed by atoms with Gasteiger partial charge in [-0.1, -0.05) is 15.9 Å². The van der Waals surface area contributed by atoms with Crippen LogP contribution in [0, 0.1) is 6.92 Å². The zero-order chi connectivity index (χ0) is 20.4. The Bertz CT molecular complexity index is 979. The van der Waals surface area contributed by atoms with Gasteiger partial charge in [0.2, 0.25) is 0 Å². The molecule has 28 heavy (non-hydrogen) atoms. The Morgan fingerprint density at radius 3 is 2.57 bits per heavy atom. The molecule has 1 aromatic carbocycles. The summed E-state index contributed by atoms with van der Waals surface area (Å²) >= 11 is 8.66. The lowest BCUT2D eigenvalue weighted by Crippen LogP contribution is -2.54. The minimum Gasteiger partial charge on any atom is -0.441 e. The van der Waals surface area contributed by atoms with Gasteiger partial charge in [0.1, 0.15) is 11.3 Å². The van der Waals surface area contributed by atoms with Crippen molar-refractivity contribution in [1.29, 1.82) is 0 Å². The highest BCUT2D eigenvalue weighted by Crippen LogP contribution is 2.28. The molecule has 8 heteroatoms. The maximum Gasteiger partial charge on any atom is 0.270 e. The highest BCUT2D eigenvalue weighted by Gasteiger charge is 2.35. The standard InChI is InChI=1S/C20H20BrN3O3S/c1-4-23(5-2)17-9-7-14(27-17)11-15-18(25)22-20(28)24(19(15)26)16-8-6-13(21)10-12(16)3/h6-11H,4-5H2,1-3H3,(H,22,25,28)/b15-11-. The van der Waals surface area contributed by atoms with Crippen molar-refractivity contribution in [3.63, 3.8) is 0 Å². The van der Waals surface area contributed by atoms with Crippen molar-refractivity contribution < 1.29 is 14.0 Å². The number of thiocarbonyl (C=S) groups is 1. The van der Waals surface area contributed by atoms with E-state index >= 15 is 0 Å². The second-order valence-electron chi connectivity index (χ2n) is 6.24. The minimum atomic E-state index is -0.540. The molecule has 1 aliphatic heterocycles. The van der Waals surface area contributed by atoms with Crippen molar-refractivity contribution in [2.75, 3.05) is 22.9 Å². The van der Waals surface area contributed by atoms with Crippen LogP contribution in [0.5, 0.6) is 0 Å². The molecule has 0 saturated carbocycles. The van der Waals surface area contributed by atoms with Crippen molar-refractivity contribution in [2.24, 2.45) is 0 Å². The van der Waals surface area contributed by atoms with Crippen LogP contribution in [0.4, 0.5) is 11.6 Å². The quantitative estimate of drug-likeness (QED) is 0.413. The van der Waals surface area contributed by atoms with Gasteiger partial charge in [0.15, 0.2) is 11.0 Å². The van der Waals surface area contributed by atoms with Crippen LogP contribution in [0.1, 0.15) is 25.2 Å². The van der Waals surface area contributed by atoms with Crippen LogP contribution in [0.25, 0.3) is 6.08 Å². The molecule has 0 spiro atoms. The lowest BCUT2D eigenvalue weighted by atomic mass is 10.1. The number of hydrogen-bond acceptors (Lipinski definition) is 5. The van der Waals surface area contributed by atoms with E-state index in [1.165, 1.54) is 11.0 Å². The summed E-state index contributed by atoms with van der Waals surface area (Å²) in [5, 5.41) is 2.64. The third-order valence-electron chi connectivity index (χ3n) is 4.48. The van der Waals surface area contributed by atoms with Crippen molar-refractivity contribution in [3.05, 3.63) is 51.7 Å². The van der Waals surface area contributed by atoms with E-state index in [4.69, 9.17) is 16.6 Å². The molecule has 3 rings (SSSR count). The van der Waals surface area contributed by atoms with E-state index in [1.54, 1.807) is 12.1 Å². The van der Waals surface area contributed by atoms with Crippen LogP contribution in [-0.4, -0.2) is 30.0 Å². The molecule has 1 aliphatic rings. The predicted molar refractivity (Wildman–Crippen MR) is 117 cm³/mol. The molecule has 0 bridgehead atoms. The number of halogens is 1. The van der Waals surface area contributed by atoms with Gasteiger partial charge < -0.3 is 9.32 Å². The fourth-order valence-corrected chi connectivity index (χ4v) is 3.76. The van der Waals surface area contributed by atoms with Crippen LogP contribution in [0.15, 0.2) is 44.8 Å². The molecule has 2 heterocycles. The lowest BCUT2D eigenvalue weighted by molar-refractivity contribution is -0.122. The van der Waals surface area contributed by atoms with Gasteiger partial charge in [0, 0.05) is 23.6 Å². The summed E-state index contributed by atoms with van der Waals surface area (Å²) in [7, 11) is 0. The monoisotopic (exact) mass is 461 g/mol. The van der Waals surface area contributed by atoms with E-state index < -0.39 is 11.8 Å². The summed E-state index contributed by atoms with van der Waals surface area (Å²) in [6, 6.07) is 9.05. The highest BCUT2D eigenvalue weighted by atomic mass is 79.9. The number of carbonyl (C=O) groups is 2. The fourth-order valence-electron chi connectivity index (χ4n) is 3.01. The van der Waals surface area contributed by atoms with Crippen molar-refractivity contribution >= 4 is 62.7 Å². The van der Waals surface area contributed by atoms with Gasteiger partial charge in [-0.15, -0.1) is 0 Å². The summed E-state index contributed by atoms with van der Waals surface area (Å²) in [6.07, 6.45) is 1.45. The number of aryl methyl sites for hydroxylation is 1. The van der Waals surface area contributed by atoms with Crippen LogP contribution in [0.3, 0.4) is 0 Å². The number of nitrogens with zero attached hydrogens (tertiary/aromatic N) is 2. The summed E-state index contributed by atoms with van der Waals surface area (Å²) in [4.78, 5) is 28.9. The predicted octanol–water partition coefficient (Wildman–Crippen LogP) is 4.03. The number of amides is 2. The van der Waals surface area contributed by atoms with Crippen LogP contribution >= 0.6 is 28.1 Å². The van der Waals surface area contributed by atoms with E-state index in [2.05, 4.69) is 21.2 Å². The van der Waals surface area contributed by atoms with Crippen LogP contribution < -0.4 is 15.1 Å². The van der Waals surface area contributed by atoms with E-state index in [9.17, 15) is 9.59 Å². The molecule has 0 unspecified atom stereocenters. The van der Waals surface area contributed by atoms with Gasteiger partial charge in [-0.2, -0.15) is 0 Å². The Morgan fingerprint density at radius 1 is 1.21 bits per heavy atom. The number of anilines is 2. The summed E-state index contributed by atoms with van der Waals surface area (Å²) in [6.45, 7) is 7.52. The summed E-state index contributed by atoms with van der Waals surface area (Å²) in [5.41, 5.74) is 1.44. The molecular weight excluding hydrogens is 442 g/mol. The zero-order valence-corrected chi connectivity index (χ0v) is 18.2. The van der Waals surface area contributed by atoms with E-state index in [-0.39, 0.29) is 10.7 Å². The first-order valence-electron chi connectivity index (χ1n) is 8.88. The first-order chi connectivity index (χ1) is 13.3. The third-order valence-corrected chi connectivity index (χ3v) is 5.25. The number of nitrogens with one attached hydrogen (secondary N) is 1. The van der Waals surface area contributed by atoms with Gasteiger partial charge in [0.25, 0.3) is 11.8 Å². The molecule has 1 fully saturated rings. The molecule has 0 aliphatic carbocycles. The summed E-state index contributed by atoms with van der Waals surface area (Å²) < 4.78 is 6.69. The molecular formula is C20H20BrN3O3S.